The molecule has 0 atom stereocenters. The van der Waals surface area contributed by atoms with E-state index in [1.54, 1.807) is 18.0 Å². The van der Waals surface area contributed by atoms with Gasteiger partial charge in [-0.25, -0.2) is 4.39 Å². The second-order valence-corrected chi connectivity index (χ2v) is 7.28. The topological polar surface area (TPSA) is 43.8 Å². The SMILES string of the molecule is CCN(C)C(=O)C1CC(O)(c2ccc(CN3CCCC3)c(F)c2)C1. The van der Waals surface area contributed by atoms with Crippen molar-refractivity contribution in [3.05, 3.63) is 35.1 Å². The second-order valence-electron chi connectivity index (χ2n) is 7.28. The van der Waals surface area contributed by atoms with Crippen LogP contribution in [0.5, 0.6) is 0 Å². The van der Waals surface area contributed by atoms with Gasteiger partial charge in [0.1, 0.15) is 5.82 Å². The smallest absolute Gasteiger partial charge is 0.225 e. The molecule has 3 rings (SSSR count). The third-order valence-corrected chi connectivity index (χ3v) is 5.55. The maximum atomic E-state index is 14.4. The Labute approximate surface area is 143 Å². The summed E-state index contributed by atoms with van der Waals surface area (Å²) in [5, 5.41) is 10.7. The van der Waals surface area contributed by atoms with Crippen LogP contribution in [-0.2, 0) is 16.9 Å². The molecule has 4 nitrogen and oxygen atoms in total. The highest BCUT2D eigenvalue weighted by atomic mass is 19.1. The predicted molar refractivity (Wildman–Crippen MR) is 90.8 cm³/mol. The Morgan fingerprint density at radius 3 is 2.62 bits per heavy atom. The Morgan fingerprint density at radius 1 is 1.38 bits per heavy atom. The first-order chi connectivity index (χ1) is 11.4. The minimum Gasteiger partial charge on any atom is -0.385 e. The first kappa shape index (κ1) is 17.4. The number of halogens is 1. The molecule has 132 valence electrons. The molecule has 2 aliphatic rings. The van der Waals surface area contributed by atoms with Gasteiger partial charge in [-0.05, 0) is 57.3 Å². The van der Waals surface area contributed by atoms with Crippen LogP contribution in [0.25, 0.3) is 0 Å². The van der Waals surface area contributed by atoms with Crippen LogP contribution < -0.4 is 0 Å². The van der Waals surface area contributed by atoms with Crippen LogP contribution in [0.2, 0.25) is 0 Å². The maximum absolute atomic E-state index is 14.4. The van der Waals surface area contributed by atoms with Crippen LogP contribution in [0.3, 0.4) is 0 Å². The zero-order valence-corrected chi connectivity index (χ0v) is 14.6. The maximum Gasteiger partial charge on any atom is 0.225 e. The Kier molecular flexibility index (Phi) is 4.92. The van der Waals surface area contributed by atoms with Gasteiger partial charge in [0, 0.05) is 31.6 Å². The van der Waals surface area contributed by atoms with Crippen molar-refractivity contribution >= 4 is 5.91 Å². The third-order valence-electron chi connectivity index (χ3n) is 5.55. The van der Waals surface area contributed by atoms with Gasteiger partial charge >= 0.3 is 0 Å². The number of hydrogen-bond acceptors (Lipinski definition) is 3. The first-order valence-corrected chi connectivity index (χ1v) is 8.91. The van der Waals surface area contributed by atoms with Gasteiger partial charge in [-0.1, -0.05) is 12.1 Å². The summed E-state index contributed by atoms with van der Waals surface area (Å²) in [5.74, 6) is -0.353. The van der Waals surface area contributed by atoms with Crippen LogP contribution in [0.1, 0.15) is 43.7 Å². The largest absolute Gasteiger partial charge is 0.385 e. The summed E-state index contributed by atoms with van der Waals surface area (Å²) in [7, 11) is 1.77. The van der Waals surface area contributed by atoms with E-state index in [0.29, 0.717) is 37.1 Å². The van der Waals surface area contributed by atoms with Gasteiger partial charge in [0.25, 0.3) is 0 Å². The Morgan fingerprint density at radius 2 is 2.04 bits per heavy atom. The van der Waals surface area contributed by atoms with Crippen LogP contribution >= 0.6 is 0 Å². The summed E-state index contributed by atoms with van der Waals surface area (Å²) in [6, 6.07) is 5.06. The van der Waals surface area contributed by atoms with Crippen molar-refractivity contribution in [2.45, 2.75) is 44.8 Å². The zero-order chi connectivity index (χ0) is 17.3. The molecule has 1 saturated heterocycles. The van der Waals surface area contributed by atoms with E-state index in [4.69, 9.17) is 0 Å². The van der Waals surface area contributed by atoms with Gasteiger partial charge in [0.2, 0.25) is 5.91 Å². The molecule has 24 heavy (non-hydrogen) atoms. The number of nitrogens with zero attached hydrogens (tertiary/aromatic N) is 2. The average molecular weight is 334 g/mol. The molecule has 1 aliphatic heterocycles. The third kappa shape index (κ3) is 3.33. The molecule has 0 spiro atoms. The first-order valence-electron chi connectivity index (χ1n) is 8.91. The van der Waals surface area contributed by atoms with E-state index in [9.17, 15) is 14.3 Å². The zero-order valence-electron chi connectivity index (χ0n) is 14.6. The summed E-state index contributed by atoms with van der Waals surface area (Å²) in [4.78, 5) is 16.1. The molecule has 5 heteroatoms. The van der Waals surface area contributed by atoms with Gasteiger partial charge in [0.05, 0.1) is 5.60 Å². The highest BCUT2D eigenvalue weighted by molar-refractivity contribution is 5.80. The normalized spacial score (nSPS) is 27.1. The van der Waals surface area contributed by atoms with Crippen molar-refractivity contribution in [2.24, 2.45) is 5.92 Å². The monoisotopic (exact) mass is 334 g/mol. The van der Waals surface area contributed by atoms with Crippen LogP contribution in [0, 0.1) is 11.7 Å². The summed E-state index contributed by atoms with van der Waals surface area (Å²) >= 11 is 0. The lowest BCUT2D eigenvalue weighted by Crippen LogP contribution is -2.48. The molecule has 2 fully saturated rings. The number of carbonyl (C=O) groups is 1. The average Bonchev–Trinajstić information content (AvgIpc) is 3.05. The van der Waals surface area contributed by atoms with E-state index >= 15 is 0 Å². The van der Waals surface area contributed by atoms with Crippen molar-refractivity contribution in [3.63, 3.8) is 0 Å². The standard InChI is InChI=1S/C19H27FN2O2/c1-3-21(2)18(23)15-11-19(24,12-15)16-7-6-14(17(20)10-16)13-22-8-4-5-9-22/h6-7,10,15,24H,3-5,8-9,11-13H2,1-2H3. The van der Waals surface area contributed by atoms with Crippen molar-refractivity contribution < 1.29 is 14.3 Å². The molecule has 0 unspecified atom stereocenters. The fraction of sp³-hybridized carbons (Fsp3) is 0.632. The molecule has 1 aromatic rings. The highest BCUT2D eigenvalue weighted by Gasteiger charge is 2.48. The molecule has 1 N–H and O–H groups in total. The molecular weight excluding hydrogens is 307 g/mol. The quantitative estimate of drug-likeness (QED) is 0.900. The van der Waals surface area contributed by atoms with Gasteiger partial charge in [-0.2, -0.15) is 0 Å². The van der Waals surface area contributed by atoms with E-state index in [2.05, 4.69) is 4.90 Å². The number of rotatable bonds is 5. The number of likely N-dealkylation sites (tertiary alicyclic amines) is 1. The summed E-state index contributed by atoms with van der Waals surface area (Å²) in [5.41, 5.74) is 0.206. The summed E-state index contributed by atoms with van der Waals surface area (Å²) < 4.78 is 14.4. The predicted octanol–water partition coefficient (Wildman–Crippen LogP) is 2.50. The van der Waals surface area contributed by atoms with E-state index in [0.717, 1.165) is 13.1 Å². The molecular formula is C19H27FN2O2. The molecule has 1 heterocycles. The van der Waals surface area contributed by atoms with Crippen molar-refractivity contribution in [3.8, 4) is 0 Å². The Hall–Kier alpha value is -1.46. The van der Waals surface area contributed by atoms with Crippen LogP contribution in [0.15, 0.2) is 18.2 Å². The van der Waals surface area contributed by atoms with Gasteiger partial charge in [-0.3, -0.25) is 9.69 Å². The molecule has 0 radical (unpaired) electrons. The van der Waals surface area contributed by atoms with Crippen LogP contribution in [0.4, 0.5) is 4.39 Å². The van der Waals surface area contributed by atoms with Crippen molar-refractivity contribution in [1.82, 2.24) is 9.80 Å². The minimum atomic E-state index is -1.07. The molecule has 1 aliphatic carbocycles. The fourth-order valence-corrected chi connectivity index (χ4v) is 3.78. The molecule has 0 aromatic heterocycles. The Bertz CT molecular complexity index is 607. The lowest BCUT2D eigenvalue weighted by Gasteiger charge is -2.44. The Balaban J connectivity index is 1.65. The van der Waals surface area contributed by atoms with Gasteiger partial charge in [0.15, 0.2) is 0 Å². The molecule has 1 saturated carbocycles. The molecule has 1 aromatic carbocycles. The molecule has 1 amide bonds. The van der Waals surface area contributed by atoms with Crippen molar-refractivity contribution in [1.29, 1.82) is 0 Å². The molecule has 0 bridgehead atoms. The number of hydrogen-bond donors (Lipinski definition) is 1. The number of carbonyl (C=O) groups excluding carboxylic acids is 1. The highest BCUT2D eigenvalue weighted by Crippen LogP contribution is 2.46. The number of amides is 1. The van der Waals surface area contributed by atoms with E-state index in [1.807, 2.05) is 13.0 Å². The lowest BCUT2D eigenvalue weighted by atomic mass is 9.66. The number of aliphatic hydroxyl groups is 1. The van der Waals surface area contributed by atoms with E-state index < -0.39 is 5.60 Å². The second kappa shape index (κ2) is 6.81. The van der Waals surface area contributed by atoms with E-state index in [1.165, 1.54) is 18.9 Å². The minimum absolute atomic E-state index is 0.0632. The fourth-order valence-electron chi connectivity index (χ4n) is 3.78. The van der Waals surface area contributed by atoms with E-state index in [-0.39, 0.29) is 17.6 Å². The summed E-state index contributed by atoms with van der Waals surface area (Å²) in [6.45, 7) is 5.28. The lowest BCUT2D eigenvalue weighted by molar-refractivity contribution is -0.151. The van der Waals surface area contributed by atoms with Crippen LogP contribution in [-0.4, -0.2) is 47.5 Å². The van der Waals surface area contributed by atoms with Gasteiger partial charge < -0.3 is 10.0 Å². The van der Waals surface area contributed by atoms with Crippen molar-refractivity contribution in [2.75, 3.05) is 26.7 Å². The van der Waals surface area contributed by atoms with Gasteiger partial charge in [-0.15, -0.1) is 0 Å². The number of benzene rings is 1. The summed E-state index contributed by atoms with van der Waals surface area (Å²) in [6.07, 6.45) is 3.12.